The number of nitrogens with zero attached hydrogens (tertiary/aromatic N) is 1. The number of amides is 1. The Kier molecular flexibility index (Phi) is 13.0. The zero-order valence-electron chi connectivity index (χ0n) is 34.4. The Morgan fingerprint density at radius 3 is 2.33 bits per heavy atom. The summed E-state index contributed by atoms with van der Waals surface area (Å²) in [4.78, 5) is 42.5. The van der Waals surface area contributed by atoms with Crippen molar-refractivity contribution in [2.75, 3.05) is 23.9 Å². The molecule has 1 amide bonds. The van der Waals surface area contributed by atoms with Crippen LogP contribution in [0.5, 0.6) is 17.2 Å². The lowest BCUT2D eigenvalue weighted by Crippen LogP contribution is -2.46. The van der Waals surface area contributed by atoms with E-state index in [1.807, 2.05) is 4.90 Å². The molecular weight excluding hydrogens is 736 g/mol. The summed E-state index contributed by atoms with van der Waals surface area (Å²) < 4.78 is 23.8. The minimum absolute atomic E-state index is 0.0274. The van der Waals surface area contributed by atoms with Crippen LogP contribution in [0.4, 0.5) is 11.4 Å². The molecule has 1 fully saturated rings. The zero-order chi connectivity index (χ0) is 42.3. The van der Waals surface area contributed by atoms with Gasteiger partial charge in [0.15, 0.2) is 5.75 Å². The molecule has 6 rings (SSSR count). The Morgan fingerprint density at radius 1 is 1.02 bits per heavy atom. The first kappa shape index (κ1) is 43.5. The maximum absolute atomic E-state index is 14.6. The van der Waals surface area contributed by atoms with Crippen molar-refractivity contribution in [2.45, 2.75) is 118 Å². The predicted octanol–water partition coefficient (Wildman–Crippen LogP) is 5.40. The Hall–Kier alpha value is -4.63. The smallest absolute Gasteiger partial charge is 0.312 e. The highest BCUT2D eigenvalue weighted by molar-refractivity contribution is 6.23. The van der Waals surface area contributed by atoms with E-state index in [9.17, 15) is 39.9 Å². The molecule has 312 valence electrons. The molecule has 0 radical (unpaired) electrons. The fourth-order valence-corrected chi connectivity index (χ4v) is 8.47. The van der Waals surface area contributed by atoms with Gasteiger partial charge in [-0.1, -0.05) is 45.9 Å². The van der Waals surface area contributed by atoms with Gasteiger partial charge in [0.1, 0.15) is 17.6 Å². The van der Waals surface area contributed by atoms with E-state index in [1.54, 1.807) is 66.7 Å². The average Bonchev–Trinajstić information content (AvgIpc) is 3.76. The first-order chi connectivity index (χ1) is 26.7. The number of hydrogen-bond donors (Lipinski definition) is 6. The number of aliphatic hydroxyl groups is 3. The third kappa shape index (κ3) is 8.23. The van der Waals surface area contributed by atoms with Gasteiger partial charge in [-0.05, 0) is 45.8 Å². The standard InChI is InChI=1S/C43H58N2O12/c1-20-13-11-14-21(2)42(53)44-28-19-30(45-17-12-15-29(45)26(7)46)32-33(38(28)51)37(50)25(6)40-34(32)41(52)43(9,57-40)55-18-16-31(54-10)22(3)39(56-27(8)47)24(5)36(49)23(4)35(20)48/h11,13-14,16,18-20,22-24,26,29,31,35-36,39,46,48-51H,12,15,17H2,1-10H3,(H,44,53)/b13-11+,18-16+,21-14-/t20-,22+,23+,24+,26?,29?,31-,35-,36+,39+,43-/m0/s1. The largest absolute Gasteiger partial charge is 0.507 e. The summed E-state index contributed by atoms with van der Waals surface area (Å²) in [5, 5.41) is 60.0. The number of esters is 1. The number of aromatic hydroxyl groups is 2. The normalized spacial score (nSPS) is 33.9. The van der Waals surface area contributed by atoms with Crippen LogP contribution in [0.1, 0.15) is 84.2 Å². The van der Waals surface area contributed by atoms with Crippen LogP contribution in [-0.2, 0) is 23.8 Å². The molecule has 11 atom stereocenters. The highest BCUT2D eigenvalue weighted by Gasteiger charge is 2.50. The van der Waals surface area contributed by atoms with Crippen LogP contribution in [0.2, 0.25) is 0 Å². The minimum atomic E-state index is -1.95. The Bertz CT molecular complexity index is 1970. The molecule has 0 saturated carbocycles. The third-order valence-electron chi connectivity index (χ3n) is 12.0. The van der Waals surface area contributed by atoms with Gasteiger partial charge in [-0.2, -0.15) is 0 Å². The molecule has 0 aromatic heterocycles. The summed E-state index contributed by atoms with van der Waals surface area (Å²) >= 11 is 0. The molecule has 4 heterocycles. The van der Waals surface area contributed by atoms with Crippen molar-refractivity contribution in [1.29, 1.82) is 0 Å². The van der Waals surface area contributed by atoms with Crippen LogP contribution >= 0.6 is 0 Å². The van der Waals surface area contributed by atoms with Crippen molar-refractivity contribution in [3.8, 4) is 17.2 Å². The second-order valence-corrected chi connectivity index (χ2v) is 16.1. The molecule has 14 heteroatoms. The van der Waals surface area contributed by atoms with Crippen LogP contribution in [0, 0.1) is 30.6 Å². The van der Waals surface area contributed by atoms with E-state index < -0.39 is 83.4 Å². The molecule has 5 bridgehead atoms. The van der Waals surface area contributed by atoms with Gasteiger partial charge < -0.3 is 54.7 Å². The van der Waals surface area contributed by atoms with E-state index in [2.05, 4.69) is 5.32 Å². The number of allylic oxidation sites excluding steroid dienone is 2. The van der Waals surface area contributed by atoms with Crippen LogP contribution in [0.3, 0.4) is 0 Å². The quantitative estimate of drug-likeness (QED) is 0.170. The number of rotatable bonds is 4. The van der Waals surface area contributed by atoms with Crippen molar-refractivity contribution in [3.63, 3.8) is 0 Å². The fourth-order valence-electron chi connectivity index (χ4n) is 8.47. The lowest BCUT2D eigenvalue weighted by molar-refractivity contribution is -0.160. The molecule has 4 aliphatic heterocycles. The zero-order valence-corrected chi connectivity index (χ0v) is 34.4. The SMILES string of the molecule is CO[C@H]1/C=C/O[C@@]2(C)Oc3c(C)c(O)c4c(O)c(cc(N5CCCC5C(C)O)c4c3C2=O)NC(=O)/C(C)=C\C=C\[C@H](C)[C@H](O)[C@@H](C)[C@@H](O)[C@@H](C)[C@H](OC(C)=O)[C@@H]1C. The number of ketones is 1. The number of benzene rings is 2. The van der Waals surface area contributed by atoms with Gasteiger partial charge in [0.2, 0.25) is 0 Å². The molecular formula is C43H58N2O12. The number of aliphatic hydroxyl groups excluding tert-OH is 3. The number of hydrogen-bond acceptors (Lipinski definition) is 13. The topological polar surface area (TPSA) is 205 Å². The number of Topliss-reactive ketones (excluding diaryl/α,β-unsaturated/α-hetero) is 1. The summed E-state index contributed by atoms with van der Waals surface area (Å²) in [5.41, 5.74) is 0.807. The van der Waals surface area contributed by atoms with Crippen LogP contribution < -0.4 is 15.0 Å². The maximum atomic E-state index is 14.6. The highest BCUT2D eigenvalue weighted by Crippen LogP contribution is 2.54. The van der Waals surface area contributed by atoms with Gasteiger partial charge in [0.05, 0.1) is 53.4 Å². The molecule has 6 N–H and O–H groups in total. The first-order valence-electron chi connectivity index (χ1n) is 19.6. The first-order valence-corrected chi connectivity index (χ1v) is 19.6. The van der Waals surface area contributed by atoms with E-state index in [1.165, 1.54) is 39.4 Å². The molecule has 4 aliphatic rings. The number of phenols is 2. The van der Waals surface area contributed by atoms with Crippen LogP contribution in [0.25, 0.3) is 10.8 Å². The molecule has 2 aromatic carbocycles. The number of fused-ring (bicyclic) bond motifs is 14. The highest BCUT2D eigenvalue weighted by atomic mass is 16.7. The van der Waals surface area contributed by atoms with Crippen molar-refractivity contribution in [3.05, 3.63) is 53.3 Å². The van der Waals surface area contributed by atoms with Crippen molar-refractivity contribution in [2.24, 2.45) is 23.7 Å². The van der Waals surface area contributed by atoms with Gasteiger partial charge in [-0.15, -0.1) is 0 Å². The van der Waals surface area contributed by atoms with Gasteiger partial charge in [-0.3, -0.25) is 14.4 Å². The molecule has 0 spiro atoms. The summed E-state index contributed by atoms with van der Waals surface area (Å²) in [5.74, 6) is -6.89. The summed E-state index contributed by atoms with van der Waals surface area (Å²) in [6.45, 7) is 14.9. The predicted molar refractivity (Wildman–Crippen MR) is 214 cm³/mol. The van der Waals surface area contributed by atoms with E-state index in [4.69, 9.17) is 18.9 Å². The van der Waals surface area contributed by atoms with Gasteiger partial charge in [0, 0.05) is 73.4 Å². The Labute approximate surface area is 333 Å². The van der Waals surface area contributed by atoms with E-state index in [-0.39, 0.29) is 50.7 Å². The number of phenolic OH excluding ortho intramolecular Hbond substituents is 2. The third-order valence-corrected chi connectivity index (χ3v) is 12.0. The summed E-state index contributed by atoms with van der Waals surface area (Å²) in [6.07, 6.45) is 4.44. The lowest BCUT2D eigenvalue weighted by atomic mass is 9.78. The van der Waals surface area contributed by atoms with Crippen molar-refractivity contribution in [1.82, 2.24) is 0 Å². The fraction of sp³-hybridized carbons (Fsp3) is 0.558. The molecule has 2 aromatic rings. The van der Waals surface area contributed by atoms with Crippen LogP contribution in [-0.4, -0.2) is 99.2 Å². The van der Waals surface area contributed by atoms with E-state index in [0.717, 1.165) is 0 Å². The number of anilines is 2. The Balaban J connectivity index is 1.72. The van der Waals surface area contributed by atoms with Crippen molar-refractivity contribution < 1.29 is 58.9 Å². The monoisotopic (exact) mass is 794 g/mol. The molecule has 57 heavy (non-hydrogen) atoms. The number of carbonyl (C=O) groups excluding carboxylic acids is 3. The number of nitrogens with one attached hydrogen (secondary N) is 1. The second kappa shape index (κ2) is 17.1. The number of methoxy groups -OCH3 is 1. The number of ether oxygens (including phenoxy) is 4. The molecule has 14 nitrogen and oxygen atoms in total. The summed E-state index contributed by atoms with van der Waals surface area (Å²) in [7, 11) is 1.46. The van der Waals surface area contributed by atoms with E-state index in [0.29, 0.717) is 25.1 Å². The average molecular weight is 795 g/mol. The maximum Gasteiger partial charge on any atom is 0.312 e. The second-order valence-electron chi connectivity index (χ2n) is 16.1. The van der Waals surface area contributed by atoms with Gasteiger partial charge in [-0.25, -0.2) is 0 Å². The molecule has 1 saturated heterocycles. The van der Waals surface area contributed by atoms with Crippen LogP contribution in [0.15, 0.2) is 42.2 Å². The van der Waals surface area contributed by atoms with E-state index >= 15 is 0 Å². The van der Waals surface area contributed by atoms with Crippen molar-refractivity contribution >= 4 is 39.8 Å². The molecule has 2 unspecified atom stereocenters. The number of carbonyl (C=O) groups is 3. The van der Waals surface area contributed by atoms with Gasteiger partial charge in [0.25, 0.3) is 11.7 Å². The lowest BCUT2D eigenvalue weighted by Gasteiger charge is -2.38. The summed E-state index contributed by atoms with van der Waals surface area (Å²) in [6, 6.07) is 1.15. The van der Waals surface area contributed by atoms with Gasteiger partial charge >= 0.3 is 11.8 Å². The Morgan fingerprint density at radius 2 is 1.70 bits per heavy atom. The molecule has 0 aliphatic carbocycles. The minimum Gasteiger partial charge on any atom is -0.507 e.